The van der Waals surface area contributed by atoms with Crippen molar-refractivity contribution in [1.82, 2.24) is 0 Å². The molecule has 2 aromatic carbocycles. The van der Waals surface area contributed by atoms with Gasteiger partial charge in [0.05, 0.1) is 25.6 Å². The molecule has 0 radical (unpaired) electrons. The van der Waals surface area contributed by atoms with Crippen LogP contribution in [0.2, 0.25) is 0 Å². The van der Waals surface area contributed by atoms with Gasteiger partial charge in [-0.2, -0.15) is 0 Å². The summed E-state index contributed by atoms with van der Waals surface area (Å²) in [5.74, 6) is 0.699. The van der Waals surface area contributed by atoms with Gasteiger partial charge >= 0.3 is 0 Å². The maximum absolute atomic E-state index is 12.1. The topological polar surface area (TPSA) is 90.7 Å². The van der Waals surface area contributed by atoms with Crippen LogP contribution in [0.15, 0.2) is 42.5 Å². The Bertz CT molecular complexity index is 708. The quantitative estimate of drug-likeness (QED) is 0.653. The predicted molar refractivity (Wildman–Crippen MR) is 85.0 cm³/mol. The largest absolute Gasteiger partial charge is 0.497 e. The van der Waals surface area contributed by atoms with Crippen molar-refractivity contribution in [2.24, 2.45) is 0 Å². The van der Waals surface area contributed by atoms with Crippen LogP contribution in [-0.4, -0.2) is 25.1 Å². The Hall–Kier alpha value is -3.09. The monoisotopic (exact) mass is 316 g/mol. The van der Waals surface area contributed by atoms with Gasteiger partial charge in [-0.3, -0.25) is 14.9 Å². The lowest BCUT2D eigenvalue weighted by Gasteiger charge is -2.10. The van der Waals surface area contributed by atoms with Gasteiger partial charge in [0.1, 0.15) is 11.5 Å². The number of ether oxygens (including phenoxy) is 2. The molecule has 0 aliphatic rings. The lowest BCUT2D eigenvalue weighted by Crippen LogP contribution is -2.15. The van der Waals surface area contributed by atoms with Crippen LogP contribution in [0.5, 0.6) is 11.5 Å². The van der Waals surface area contributed by atoms with Gasteiger partial charge in [0, 0.05) is 35.5 Å². The predicted octanol–water partition coefficient (Wildman–Crippen LogP) is 2.79. The van der Waals surface area contributed by atoms with Gasteiger partial charge in [-0.15, -0.1) is 0 Å². The maximum Gasteiger partial charge on any atom is 0.273 e. The Morgan fingerprint density at radius 2 is 1.74 bits per heavy atom. The van der Waals surface area contributed by atoms with Crippen molar-refractivity contribution >= 4 is 17.3 Å². The number of methoxy groups -OCH3 is 2. The van der Waals surface area contributed by atoms with E-state index in [4.69, 9.17) is 9.47 Å². The summed E-state index contributed by atoms with van der Waals surface area (Å²) in [7, 11) is 3.02. The van der Waals surface area contributed by atoms with E-state index in [1.807, 2.05) is 0 Å². The second kappa shape index (κ2) is 7.26. The lowest BCUT2D eigenvalue weighted by molar-refractivity contribution is -0.385. The SMILES string of the molecule is COc1cc(NC(=O)Cc2ccccc2[N+](=O)[O-])cc(OC)c1. The number of nitrogens with zero attached hydrogens (tertiary/aromatic N) is 1. The highest BCUT2D eigenvalue weighted by Crippen LogP contribution is 2.26. The van der Waals surface area contributed by atoms with Crippen molar-refractivity contribution in [2.75, 3.05) is 19.5 Å². The molecule has 0 unspecified atom stereocenters. The van der Waals surface area contributed by atoms with E-state index in [0.29, 0.717) is 22.7 Å². The summed E-state index contributed by atoms with van der Waals surface area (Å²) in [6, 6.07) is 11.1. The maximum atomic E-state index is 12.1. The van der Waals surface area contributed by atoms with Crippen LogP contribution < -0.4 is 14.8 Å². The highest BCUT2D eigenvalue weighted by Gasteiger charge is 2.16. The zero-order chi connectivity index (χ0) is 16.8. The molecular formula is C16H16N2O5. The Balaban J connectivity index is 2.16. The van der Waals surface area contributed by atoms with Gasteiger partial charge in [-0.05, 0) is 0 Å². The summed E-state index contributed by atoms with van der Waals surface area (Å²) >= 11 is 0. The molecule has 0 saturated carbocycles. The number of anilines is 1. The number of nitrogens with one attached hydrogen (secondary N) is 1. The zero-order valence-corrected chi connectivity index (χ0v) is 12.7. The molecule has 1 N–H and O–H groups in total. The van der Waals surface area contributed by atoms with Gasteiger partial charge in [0.2, 0.25) is 5.91 Å². The summed E-state index contributed by atoms with van der Waals surface area (Å²) in [5.41, 5.74) is 0.764. The first-order chi connectivity index (χ1) is 11.0. The zero-order valence-electron chi connectivity index (χ0n) is 12.7. The summed E-state index contributed by atoms with van der Waals surface area (Å²) in [6.07, 6.45) is -0.101. The minimum absolute atomic E-state index is 0.0779. The number of hydrogen-bond donors (Lipinski definition) is 1. The molecule has 0 saturated heterocycles. The molecule has 0 heterocycles. The molecule has 23 heavy (non-hydrogen) atoms. The molecule has 0 bridgehead atoms. The van der Waals surface area contributed by atoms with E-state index in [1.165, 1.54) is 20.3 Å². The number of amides is 1. The summed E-state index contributed by atoms with van der Waals surface area (Å²) in [5, 5.41) is 13.7. The van der Waals surface area contributed by atoms with Crippen LogP contribution in [-0.2, 0) is 11.2 Å². The van der Waals surface area contributed by atoms with Crippen LogP contribution in [0.3, 0.4) is 0 Å². The Morgan fingerprint density at radius 1 is 1.13 bits per heavy atom. The molecule has 2 aromatic rings. The molecular weight excluding hydrogens is 300 g/mol. The summed E-state index contributed by atoms with van der Waals surface area (Å²) < 4.78 is 10.3. The number of para-hydroxylation sites is 1. The molecule has 0 spiro atoms. The van der Waals surface area contributed by atoms with Crippen molar-refractivity contribution in [1.29, 1.82) is 0 Å². The Kier molecular flexibility index (Phi) is 5.14. The van der Waals surface area contributed by atoms with E-state index in [9.17, 15) is 14.9 Å². The molecule has 7 nitrogen and oxygen atoms in total. The van der Waals surface area contributed by atoms with Crippen molar-refractivity contribution in [2.45, 2.75) is 6.42 Å². The third-order valence-electron chi connectivity index (χ3n) is 3.17. The van der Waals surface area contributed by atoms with Gasteiger partial charge in [-0.25, -0.2) is 0 Å². The first-order valence-corrected chi connectivity index (χ1v) is 6.78. The first-order valence-electron chi connectivity index (χ1n) is 6.78. The van der Waals surface area contributed by atoms with Gasteiger partial charge in [-0.1, -0.05) is 18.2 Å². The second-order valence-electron chi connectivity index (χ2n) is 4.71. The Labute approximate surface area is 133 Å². The van der Waals surface area contributed by atoms with E-state index in [2.05, 4.69) is 5.32 Å². The van der Waals surface area contributed by atoms with Crippen LogP contribution in [0.1, 0.15) is 5.56 Å². The third kappa shape index (κ3) is 4.19. The number of hydrogen-bond acceptors (Lipinski definition) is 5. The minimum Gasteiger partial charge on any atom is -0.497 e. The fourth-order valence-electron chi connectivity index (χ4n) is 2.10. The average molecular weight is 316 g/mol. The van der Waals surface area contributed by atoms with Crippen molar-refractivity contribution in [3.05, 3.63) is 58.1 Å². The fourth-order valence-corrected chi connectivity index (χ4v) is 2.10. The van der Waals surface area contributed by atoms with E-state index >= 15 is 0 Å². The molecule has 0 aliphatic heterocycles. The molecule has 1 amide bonds. The van der Waals surface area contributed by atoms with Crippen molar-refractivity contribution < 1.29 is 19.2 Å². The number of carbonyl (C=O) groups is 1. The highest BCUT2D eigenvalue weighted by atomic mass is 16.6. The summed E-state index contributed by atoms with van der Waals surface area (Å²) in [4.78, 5) is 22.6. The number of nitro benzene ring substituents is 1. The molecule has 0 aliphatic carbocycles. The molecule has 120 valence electrons. The Morgan fingerprint density at radius 3 is 2.30 bits per heavy atom. The van der Waals surface area contributed by atoms with Gasteiger partial charge in [0.25, 0.3) is 5.69 Å². The van der Waals surface area contributed by atoms with E-state index in [-0.39, 0.29) is 18.0 Å². The first kappa shape index (κ1) is 16.3. The number of nitro groups is 1. The summed E-state index contributed by atoms with van der Waals surface area (Å²) in [6.45, 7) is 0. The van der Waals surface area contributed by atoms with E-state index in [0.717, 1.165) is 0 Å². The minimum atomic E-state index is -0.503. The third-order valence-corrected chi connectivity index (χ3v) is 3.17. The van der Waals surface area contributed by atoms with Crippen LogP contribution in [0, 0.1) is 10.1 Å². The lowest BCUT2D eigenvalue weighted by atomic mass is 10.1. The molecule has 0 aromatic heterocycles. The highest BCUT2D eigenvalue weighted by molar-refractivity contribution is 5.93. The number of carbonyl (C=O) groups excluding carboxylic acids is 1. The fraction of sp³-hybridized carbons (Fsp3) is 0.188. The molecule has 2 rings (SSSR count). The van der Waals surface area contributed by atoms with E-state index < -0.39 is 4.92 Å². The molecule has 0 atom stereocenters. The number of rotatable bonds is 6. The molecule has 0 fully saturated rings. The van der Waals surface area contributed by atoms with Gasteiger partial charge in [0.15, 0.2) is 0 Å². The van der Waals surface area contributed by atoms with E-state index in [1.54, 1.807) is 36.4 Å². The van der Waals surface area contributed by atoms with Crippen molar-refractivity contribution in [3.63, 3.8) is 0 Å². The van der Waals surface area contributed by atoms with Gasteiger partial charge < -0.3 is 14.8 Å². The second-order valence-corrected chi connectivity index (χ2v) is 4.71. The average Bonchev–Trinajstić information content (AvgIpc) is 2.54. The standard InChI is InChI=1S/C16H16N2O5/c1-22-13-8-12(9-14(10-13)23-2)17-16(19)7-11-5-3-4-6-15(11)18(20)21/h3-6,8-10H,7H2,1-2H3,(H,17,19). The van der Waals surface area contributed by atoms with Crippen LogP contribution >= 0.6 is 0 Å². The smallest absolute Gasteiger partial charge is 0.273 e. The van der Waals surface area contributed by atoms with Crippen molar-refractivity contribution in [3.8, 4) is 11.5 Å². The number of benzene rings is 2. The van der Waals surface area contributed by atoms with Crippen LogP contribution in [0.25, 0.3) is 0 Å². The normalized spacial score (nSPS) is 10.0. The van der Waals surface area contributed by atoms with Crippen LogP contribution in [0.4, 0.5) is 11.4 Å². The molecule has 7 heteroatoms.